The average Bonchev–Trinajstić information content (AvgIpc) is 2.84. The minimum Gasteiger partial charge on any atom is -0.449 e. The van der Waals surface area contributed by atoms with Crippen molar-refractivity contribution in [3.05, 3.63) is 35.4 Å². The molecule has 0 aliphatic carbocycles. The summed E-state index contributed by atoms with van der Waals surface area (Å²) in [4.78, 5) is 58.6. The summed E-state index contributed by atoms with van der Waals surface area (Å²) in [6.07, 6.45) is 3.99. The Labute approximate surface area is 205 Å². The molecule has 1 fully saturated rings. The van der Waals surface area contributed by atoms with Gasteiger partial charge in [-0.3, -0.25) is 19.3 Å². The number of nitrogens with zero attached hydrogens (tertiary/aromatic N) is 1. The van der Waals surface area contributed by atoms with Gasteiger partial charge in [-0.25, -0.2) is 4.79 Å². The SMILES string of the molecule is CC(C=O)CCCCNC(=O)OCCCOCC(=O)NCc1ccc(CC(=O)N2CCC2=O)cc1. The lowest BCUT2D eigenvalue weighted by Gasteiger charge is -2.28. The molecule has 0 saturated carbocycles. The van der Waals surface area contributed by atoms with Crippen LogP contribution in [-0.2, 0) is 41.6 Å². The summed E-state index contributed by atoms with van der Waals surface area (Å²) in [5.74, 6) is -0.534. The third-order valence-corrected chi connectivity index (χ3v) is 5.51. The number of nitrogens with one attached hydrogen (secondary N) is 2. The van der Waals surface area contributed by atoms with Gasteiger partial charge in [0.15, 0.2) is 0 Å². The number of ether oxygens (including phenoxy) is 2. The molecule has 192 valence electrons. The molecule has 0 radical (unpaired) electrons. The van der Waals surface area contributed by atoms with E-state index in [0.717, 1.165) is 36.7 Å². The lowest BCUT2D eigenvalue weighted by atomic mass is 10.1. The Morgan fingerprint density at radius 2 is 1.80 bits per heavy atom. The molecule has 2 N–H and O–H groups in total. The number of likely N-dealkylation sites (tertiary alicyclic amines) is 1. The van der Waals surface area contributed by atoms with Crippen LogP contribution in [0.25, 0.3) is 0 Å². The third-order valence-electron chi connectivity index (χ3n) is 5.51. The molecule has 1 unspecified atom stereocenters. The smallest absolute Gasteiger partial charge is 0.407 e. The highest BCUT2D eigenvalue weighted by atomic mass is 16.5. The Morgan fingerprint density at radius 1 is 1.06 bits per heavy atom. The van der Waals surface area contributed by atoms with Crippen molar-refractivity contribution in [1.82, 2.24) is 15.5 Å². The van der Waals surface area contributed by atoms with E-state index in [2.05, 4.69) is 10.6 Å². The highest BCUT2D eigenvalue weighted by molar-refractivity contribution is 6.00. The van der Waals surface area contributed by atoms with E-state index in [4.69, 9.17) is 9.47 Å². The van der Waals surface area contributed by atoms with Gasteiger partial charge in [0.05, 0.1) is 19.6 Å². The quantitative estimate of drug-likeness (QED) is 0.205. The molecule has 1 atom stereocenters. The number of hydrogen-bond acceptors (Lipinski definition) is 7. The number of hydrogen-bond donors (Lipinski definition) is 2. The molecule has 1 heterocycles. The van der Waals surface area contributed by atoms with Gasteiger partial charge in [0, 0.05) is 38.4 Å². The maximum atomic E-state index is 12.0. The van der Waals surface area contributed by atoms with Gasteiger partial charge in [0.25, 0.3) is 0 Å². The summed E-state index contributed by atoms with van der Waals surface area (Å²) in [5, 5.41) is 5.41. The molecule has 10 nitrogen and oxygen atoms in total. The number of carbonyl (C=O) groups excluding carboxylic acids is 5. The van der Waals surface area contributed by atoms with Crippen molar-refractivity contribution in [3.8, 4) is 0 Å². The van der Waals surface area contributed by atoms with E-state index in [9.17, 15) is 24.0 Å². The van der Waals surface area contributed by atoms with E-state index in [-0.39, 0.29) is 49.9 Å². The summed E-state index contributed by atoms with van der Waals surface area (Å²) >= 11 is 0. The summed E-state index contributed by atoms with van der Waals surface area (Å²) in [6.45, 7) is 3.58. The number of imide groups is 1. The molecule has 4 amide bonds. The molecule has 1 aromatic rings. The van der Waals surface area contributed by atoms with Crippen LogP contribution in [0.1, 0.15) is 50.2 Å². The van der Waals surface area contributed by atoms with Gasteiger partial charge >= 0.3 is 6.09 Å². The van der Waals surface area contributed by atoms with Crippen molar-refractivity contribution >= 4 is 30.1 Å². The fourth-order valence-corrected chi connectivity index (χ4v) is 3.27. The molecule has 1 aromatic carbocycles. The van der Waals surface area contributed by atoms with Gasteiger partial charge < -0.3 is 24.9 Å². The van der Waals surface area contributed by atoms with Crippen LogP contribution < -0.4 is 10.6 Å². The molecule has 1 saturated heterocycles. The number of unbranched alkanes of at least 4 members (excludes halogenated alkanes) is 1. The Bertz CT molecular complexity index is 857. The minimum atomic E-state index is -0.490. The van der Waals surface area contributed by atoms with Crippen molar-refractivity contribution in [2.24, 2.45) is 5.92 Å². The predicted molar refractivity (Wildman–Crippen MR) is 127 cm³/mol. The van der Waals surface area contributed by atoms with Gasteiger partial charge in [-0.2, -0.15) is 0 Å². The Hall–Kier alpha value is -3.27. The van der Waals surface area contributed by atoms with E-state index in [1.807, 2.05) is 31.2 Å². The number of benzene rings is 1. The number of β-lactam (4-membered cyclic amide) rings is 1. The second kappa shape index (κ2) is 15.6. The standard InChI is InChI=1S/C25H35N3O7/c1-19(17-29)5-2-3-11-26-25(33)35-14-4-13-34-18-22(30)27-16-21-8-6-20(7-9-21)15-24(32)28-12-10-23(28)31/h6-9,17,19H,2-5,10-16,18H2,1H3,(H,26,33)(H,27,30). The topological polar surface area (TPSA) is 131 Å². The molecular weight excluding hydrogens is 454 g/mol. The molecule has 1 aliphatic heterocycles. The van der Waals surface area contributed by atoms with Crippen LogP contribution in [0.2, 0.25) is 0 Å². The number of rotatable bonds is 16. The maximum absolute atomic E-state index is 12.0. The molecule has 0 spiro atoms. The van der Waals surface area contributed by atoms with Crippen molar-refractivity contribution in [3.63, 3.8) is 0 Å². The highest BCUT2D eigenvalue weighted by Gasteiger charge is 2.29. The summed E-state index contributed by atoms with van der Waals surface area (Å²) < 4.78 is 10.3. The average molecular weight is 490 g/mol. The molecule has 35 heavy (non-hydrogen) atoms. The first-order valence-electron chi connectivity index (χ1n) is 12.0. The number of amides is 4. The van der Waals surface area contributed by atoms with Crippen molar-refractivity contribution in [2.75, 3.05) is 32.9 Å². The van der Waals surface area contributed by atoms with Gasteiger partial charge in [0.2, 0.25) is 17.7 Å². The number of carbonyl (C=O) groups is 5. The van der Waals surface area contributed by atoms with Crippen LogP contribution in [0.4, 0.5) is 4.79 Å². The van der Waals surface area contributed by atoms with Gasteiger partial charge in [0.1, 0.15) is 12.9 Å². The second-order valence-corrected chi connectivity index (χ2v) is 8.54. The van der Waals surface area contributed by atoms with E-state index in [1.54, 1.807) is 0 Å². The Balaban J connectivity index is 1.46. The Kier molecular flexibility index (Phi) is 12.5. The normalized spacial score (nSPS) is 13.5. The van der Waals surface area contributed by atoms with Crippen molar-refractivity contribution in [2.45, 2.75) is 52.0 Å². The lowest BCUT2D eigenvalue weighted by Crippen LogP contribution is -2.48. The summed E-state index contributed by atoms with van der Waals surface area (Å²) in [6, 6.07) is 7.28. The number of alkyl carbamates (subject to hydrolysis) is 1. The van der Waals surface area contributed by atoms with Crippen LogP contribution in [0.3, 0.4) is 0 Å². The minimum absolute atomic E-state index is 0.0446. The van der Waals surface area contributed by atoms with Crippen LogP contribution in [0.15, 0.2) is 24.3 Å². The monoisotopic (exact) mass is 489 g/mol. The molecule has 2 rings (SSSR count). The molecule has 0 aromatic heterocycles. The Morgan fingerprint density at radius 3 is 2.46 bits per heavy atom. The predicted octanol–water partition coefficient (Wildman–Crippen LogP) is 1.74. The third kappa shape index (κ3) is 11.1. The zero-order valence-corrected chi connectivity index (χ0v) is 20.3. The second-order valence-electron chi connectivity index (χ2n) is 8.54. The lowest BCUT2D eigenvalue weighted by molar-refractivity contribution is -0.151. The molecular formula is C25H35N3O7. The zero-order valence-electron chi connectivity index (χ0n) is 20.3. The number of aldehydes is 1. The summed E-state index contributed by atoms with van der Waals surface area (Å²) in [7, 11) is 0. The first kappa shape index (κ1) is 28.0. The first-order chi connectivity index (χ1) is 16.9. The van der Waals surface area contributed by atoms with Crippen LogP contribution >= 0.6 is 0 Å². The molecule has 1 aliphatic rings. The van der Waals surface area contributed by atoms with Crippen molar-refractivity contribution < 1.29 is 33.4 Å². The van der Waals surface area contributed by atoms with Crippen molar-refractivity contribution in [1.29, 1.82) is 0 Å². The summed E-state index contributed by atoms with van der Waals surface area (Å²) in [5.41, 5.74) is 1.69. The van der Waals surface area contributed by atoms with Crippen LogP contribution in [0.5, 0.6) is 0 Å². The van der Waals surface area contributed by atoms with Gasteiger partial charge in [-0.05, 0) is 24.0 Å². The van der Waals surface area contributed by atoms with Gasteiger partial charge in [-0.15, -0.1) is 0 Å². The fraction of sp³-hybridized carbons (Fsp3) is 0.560. The zero-order chi connectivity index (χ0) is 25.5. The van der Waals surface area contributed by atoms with E-state index in [1.165, 1.54) is 4.90 Å². The largest absolute Gasteiger partial charge is 0.449 e. The van der Waals surface area contributed by atoms with Crippen LogP contribution in [-0.4, -0.2) is 67.9 Å². The highest BCUT2D eigenvalue weighted by Crippen LogP contribution is 2.12. The molecule has 0 bridgehead atoms. The maximum Gasteiger partial charge on any atom is 0.407 e. The van der Waals surface area contributed by atoms with E-state index < -0.39 is 6.09 Å². The fourth-order valence-electron chi connectivity index (χ4n) is 3.27. The van der Waals surface area contributed by atoms with E-state index in [0.29, 0.717) is 32.5 Å². The van der Waals surface area contributed by atoms with Gasteiger partial charge in [-0.1, -0.05) is 37.6 Å². The van der Waals surface area contributed by atoms with Crippen LogP contribution in [0, 0.1) is 5.92 Å². The van der Waals surface area contributed by atoms with E-state index >= 15 is 0 Å². The molecule has 10 heteroatoms. The first-order valence-corrected chi connectivity index (χ1v) is 12.0.